The van der Waals surface area contributed by atoms with Crippen molar-refractivity contribution in [3.05, 3.63) is 54.1 Å². The lowest BCUT2D eigenvalue weighted by atomic mass is 10.3. The van der Waals surface area contributed by atoms with E-state index in [-0.39, 0.29) is 10.6 Å². The Kier molecular flexibility index (Phi) is 4.41. The Morgan fingerprint density at radius 1 is 1.32 bits per heavy atom. The number of nitrogens with one attached hydrogen (secondary N) is 1. The van der Waals surface area contributed by atoms with Crippen LogP contribution in [0.15, 0.2) is 53.2 Å². The van der Waals surface area contributed by atoms with E-state index in [0.717, 1.165) is 17.1 Å². The van der Waals surface area contributed by atoms with Gasteiger partial charge in [0.1, 0.15) is 16.4 Å². The van der Waals surface area contributed by atoms with Gasteiger partial charge in [0, 0.05) is 6.08 Å². The fourth-order valence-corrected chi connectivity index (χ4v) is 2.56. The molecule has 0 saturated carbocycles. The van der Waals surface area contributed by atoms with Crippen molar-refractivity contribution in [3.63, 3.8) is 0 Å². The van der Waals surface area contributed by atoms with Crippen LogP contribution in [0.2, 0.25) is 0 Å². The summed E-state index contributed by atoms with van der Waals surface area (Å²) in [6, 6.07) is 5.81. The van der Waals surface area contributed by atoms with Crippen LogP contribution in [0.4, 0.5) is 4.39 Å². The highest BCUT2D eigenvalue weighted by Crippen LogP contribution is 2.15. The molecule has 1 heterocycles. The lowest BCUT2D eigenvalue weighted by Gasteiger charge is -2.03. The van der Waals surface area contributed by atoms with Crippen molar-refractivity contribution >= 4 is 15.9 Å². The zero-order valence-corrected chi connectivity index (χ0v) is 12.8. The Balaban J connectivity index is 2.30. The number of hydrogen-bond acceptors (Lipinski definition) is 4. The molecule has 0 atom stereocenters. The van der Waals surface area contributed by atoms with Crippen LogP contribution in [-0.4, -0.2) is 24.1 Å². The molecular formula is C14H14FN3O3S. The monoisotopic (exact) mass is 323 g/mol. The van der Waals surface area contributed by atoms with Gasteiger partial charge in [-0.15, -0.1) is 0 Å². The first-order valence-corrected chi connectivity index (χ1v) is 7.79. The fourth-order valence-electron chi connectivity index (χ4n) is 1.70. The summed E-state index contributed by atoms with van der Waals surface area (Å²) in [6.07, 6.45) is 3.35. The zero-order valence-electron chi connectivity index (χ0n) is 11.9. The number of carbonyl (C=O) groups is 1. The van der Waals surface area contributed by atoms with E-state index in [1.807, 2.05) is 4.72 Å². The minimum Gasteiger partial charge on any atom is -0.269 e. The van der Waals surface area contributed by atoms with Crippen molar-refractivity contribution in [3.8, 4) is 5.69 Å². The number of hydrogen-bond donors (Lipinski definition) is 1. The molecule has 22 heavy (non-hydrogen) atoms. The van der Waals surface area contributed by atoms with Crippen molar-refractivity contribution < 1.29 is 17.6 Å². The molecule has 0 unspecified atom stereocenters. The van der Waals surface area contributed by atoms with Gasteiger partial charge < -0.3 is 0 Å². The first-order valence-electron chi connectivity index (χ1n) is 6.31. The zero-order chi connectivity index (χ0) is 16.3. The molecular weight excluding hydrogens is 309 g/mol. The maximum atomic E-state index is 13.6. The summed E-state index contributed by atoms with van der Waals surface area (Å²) in [5.74, 6) is -1.29. The molecule has 0 fully saturated rings. The van der Waals surface area contributed by atoms with E-state index in [4.69, 9.17) is 0 Å². The van der Waals surface area contributed by atoms with Crippen molar-refractivity contribution in [1.82, 2.24) is 14.5 Å². The molecule has 8 heteroatoms. The van der Waals surface area contributed by atoms with Crippen LogP contribution in [-0.2, 0) is 14.8 Å². The van der Waals surface area contributed by atoms with E-state index in [1.165, 1.54) is 24.3 Å². The second-order valence-electron chi connectivity index (χ2n) is 4.76. The lowest BCUT2D eigenvalue weighted by molar-refractivity contribution is -0.114. The second kappa shape index (κ2) is 6.10. The average Bonchev–Trinajstić information content (AvgIpc) is 2.87. The van der Waals surface area contributed by atoms with Crippen LogP contribution >= 0.6 is 0 Å². The highest BCUT2D eigenvalue weighted by molar-refractivity contribution is 7.90. The summed E-state index contributed by atoms with van der Waals surface area (Å²) < 4.78 is 40.7. The summed E-state index contributed by atoms with van der Waals surface area (Å²) in [5, 5.41) is 3.81. The smallest absolute Gasteiger partial charge is 0.267 e. The van der Waals surface area contributed by atoms with Gasteiger partial charge >= 0.3 is 0 Å². The Morgan fingerprint density at radius 3 is 2.64 bits per heavy atom. The maximum absolute atomic E-state index is 13.6. The predicted molar refractivity (Wildman–Crippen MR) is 78.3 cm³/mol. The van der Waals surface area contributed by atoms with Crippen LogP contribution in [0.25, 0.3) is 5.69 Å². The highest BCUT2D eigenvalue weighted by Gasteiger charge is 2.19. The van der Waals surface area contributed by atoms with E-state index in [1.54, 1.807) is 19.9 Å². The first-order chi connectivity index (χ1) is 10.3. The number of benzene rings is 1. The summed E-state index contributed by atoms with van der Waals surface area (Å²) in [5.41, 5.74) is 0.773. The Bertz CT molecular complexity index is 837. The molecule has 6 nitrogen and oxygen atoms in total. The quantitative estimate of drug-likeness (QED) is 0.870. The number of amides is 1. The van der Waals surface area contributed by atoms with Gasteiger partial charge in [0.15, 0.2) is 0 Å². The molecule has 1 N–H and O–H groups in total. The molecule has 0 aliphatic carbocycles. The number of para-hydroxylation sites is 1. The number of carbonyl (C=O) groups excluding carboxylic acids is 1. The van der Waals surface area contributed by atoms with Crippen LogP contribution < -0.4 is 4.72 Å². The molecule has 0 radical (unpaired) electrons. The van der Waals surface area contributed by atoms with Crippen LogP contribution in [0.5, 0.6) is 0 Å². The fraction of sp³-hybridized carbons (Fsp3) is 0.143. The number of allylic oxidation sites excluding steroid dienone is 1. The molecule has 0 aliphatic rings. The van der Waals surface area contributed by atoms with Crippen molar-refractivity contribution in [1.29, 1.82) is 0 Å². The Hall–Kier alpha value is -2.48. The van der Waals surface area contributed by atoms with Crippen molar-refractivity contribution in [2.45, 2.75) is 18.7 Å². The first kappa shape index (κ1) is 15.9. The van der Waals surface area contributed by atoms with Crippen molar-refractivity contribution in [2.24, 2.45) is 0 Å². The molecule has 2 rings (SSSR count). The van der Waals surface area contributed by atoms with Gasteiger partial charge in [-0.2, -0.15) is 5.10 Å². The number of rotatable bonds is 4. The van der Waals surface area contributed by atoms with Gasteiger partial charge in [0.25, 0.3) is 15.9 Å². The normalized spacial score (nSPS) is 11.0. The third-order valence-corrected chi connectivity index (χ3v) is 3.92. The van der Waals surface area contributed by atoms with E-state index in [9.17, 15) is 17.6 Å². The summed E-state index contributed by atoms with van der Waals surface area (Å²) in [7, 11) is -4.06. The molecule has 1 aromatic heterocycles. The van der Waals surface area contributed by atoms with Gasteiger partial charge in [-0.3, -0.25) is 4.79 Å². The van der Waals surface area contributed by atoms with Crippen molar-refractivity contribution in [2.75, 3.05) is 0 Å². The molecule has 2 aromatic rings. The third kappa shape index (κ3) is 3.59. The largest absolute Gasteiger partial charge is 0.269 e. The topological polar surface area (TPSA) is 81.1 Å². The predicted octanol–water partition coefficient (Wildman–Crippen LogP) is 1.78. The SMILES string of the molecule is CC(C)=CC(=O)NS(=O)(=O)c1cnn(-c2ccccc2F)c1. The molecule has 1 amide bonds. The third-order valence-electron chi connectivity index (χ3n) is 2.62. The molecule has 0 saturated heterocycles. The minimum absolute atomic E-state index is 0.111. The number of halogens is 1. The van der Waals surface area contributed by atoms with E-state index in [2.05, 4.69) is 5.10 Å². The van der Waals surface area contributed by atoms with Gasteiger partial charge in [-0.25, -0.2) is 22.2 Å². The number of aromatic nitrogens is 2. The summed E-state index contributed by atoms with van der Waals surface area (Å²) in [6.45, 7) is 3.34. The van der Waals surface area contributed by atoms with E-state index in [0.29, 0.717) is 5.57 Å². The second-order valence-corrected chi connectivity index (χ2v) is 6.45. The van der Waals surface area contributed by atoms with E-state index >= 15 is 0 Å². The van der Waals surface area contributed by atoms with Gasteiger partial charge in [0.05, 0.1) is 12.4 Å². The van der Waals surface area contributed by atoms with Crippen LogP contribution in [0.3, 0.4) is 0 Å². The van der Waals surface area contributed by atoms with Gasteiger partial charge in [0.2, 0.25) is 0 Å². The maximum Gasteiger partial charge on any atom is 0.267 e. The molecule has 0 aliphatic heterocycles. The average molecular weight is 323 g/mol. The molecule has 0 bridgehead atoms. The van der Waals surface area contributed by atoms with Gasteiger partial charge in [-0.1, -0.05) is 17.7 Å². The Labute approximate surface area is 127 Å². The molecule has 0 spiro atoms. The minimum atomic E-state index is -4.06. The van der Waals surface area contributed by atoms with Gasteiger partial charge in [-0.05, 0) is 26.0 Å². The molecule has 116 valence electrons. The Morgan fingerprint density at radius 2 is 2.00 bits per heavy atom. The lowest BCUT2D eigenvalue weighted by Crippen LogP contribution is -2.28. The number of sulfonamides is 1. The standard InChI is InChI=1S/C14H14FN3O3S/c1-10(2)7-14(19)17-22(20,21)11-8-16-18(9-11)13-6-4-3-5-12(13)15/h3-9H,1-2H3,(H,17,19). The van der Waals surface area contributed by atoms with Crippen LogP contribution in [0, 0.1) is 5.82 Å². The summed E-state index contributed by atoms with van der Waals surface area (Å²) >= 11 is 0. The number of nitrogens with zero attached hydrogens (tertiary/aromatic N) is 2. The molecule has 1 aromatic carbocycles. The van der Waals surface area contributed by atoms with E-state index < -0.39 is 21.7 Å². The summed E-state index contributed by atoms with van der Waals surface area (Å²) in [4.78, 5) is 11.3. The highest BCUT2D eigenvalue weighted by atomic mass is 32.2. The van der Waals surface area contributed by atoms with Crippen LogP contribution in [0.1, 0.15) is 13.8 Å².